The molecule has 0 aliphatic heterocycles. The van der Waals surface area contributed by atoms with Crippen molar-refractivity contribution in [3.8, 4) is 34.8 Å². The van der Waals surface area contributed by atoms with Crippen molar-refractivity contribution in [2.75, 3.05) is 26.6 Å². The van der Waals surface area contributed by atoms with E-state index in [1.54, 1.807) is 19.4 Å². The molecule has 4 aromatic rings. The second-order valence-electron chi connectivity index (χ2n) is 8.60. The summed E-state index contributed by atoms with van der Waals surface area (Å²) in [7, 11) is 6.49. The number of halogens is 1. The van der Waals surface area contributed by atoms with E-state index >= 15 is 0 Å². The summed E-state index contributed by atoms with van der Waals surface area (Å²) in [4.78, 5) is 25.3. The zero-order valence-corrected chi connectivity index (χ0v) is 20.8. The first kappa shape index (κ1) is 24.3. The largest absolute Gasteiger partial charge is 0.497 e. The predicted molar refractivity (Wildman–Crippen MR) is 134 cm³/mol. The quantitative estimate of drug-likeness (QED) is 0.363. The number of pyridine rings is 1. The van der Waals surface area contributed by atoms with Crippen molar-refractivity contribution in [1.82, 2.24) is 19.5 Å². The molecule has 0 radical (unpaired) electrons. The third-order valence-corrected chi connectivity index (χ3v) is 6.22. The van der Waals surface area contributed by atoms with Crippen LogP contribution in [0.5, 0.6) is 23.5 Å². The highest BCUT2D eigenvalue weighted by atomic mass is 19.1. The van der Waals surface area contributed by atoms with Gasteiger partial charge in [-0.05, 0) is 36.2 Å². The lowest BCUT2D eigenvalue weighted by Crippen LogP contribution is -2.15. The maximum Gasteiger partial charge on any atom is 0.323 e. The van der Waals surface area contributed by atoms with Crippen molar-refractivity contribution in [3.63, 3.8) is 0 Å². The highest BCUT2D eigenvalue weighted by molar-refractivity contribution is 5.96. The lowest BCUT2D eigenvalue weighted by molar-refractivity contribution is -0.117. The molecule has 1 N–H and O–H groups in total. The molecule has 1 amide bonds. The molecule has 192 valence electrons. The van der Waals surface area contributed by atoms with Crippen molar-refractivity contribution >= 4 is 22.6 Å². The zero-order valence-electron chi connectivity index (χ0n) is 20.8. The van der Waals surface area contributed by atoms with Crippen LogP contribution in [0.2, 0.25) is 0 Å². The van der Waals surface area contributed by atoms with Crippen LogP contribution in [0.15, 0.2) is 42.6 Å². The summed E-state index contributed by atoms with van der Waals surface area (Å²) >= 11 is 0. The third kappa shape index (κ3) is 4.84. The summed E-state index contributed by atoms with van der Waals surface area (Å²) in [5.74, 6) is 0.686. The molecule has 0 spiro atoms. The highest BCUT2D eigenvalue weighted by Gasteiger charge is 2.43. The number of ether oxygens (including phenoxy) is 4. The molecule has 37 heavy (non-hydrogen) atoms. The minimum absolute atomic E-state index is 0.102. The Morgan fingerprint density at radius 2 is 1.76 bits per heavy atom. The predicted octanol–water partition coefficient (Wildman–Crippen LogP) is 3.93. The molecule has 3 aromatic heterocycles. The number of hydrogen-bond donors (Lipinski definition) is 1. The lowest BCUT2D eigenvalue weighted by atomic mass is 10.2. The molecule has 1 aromatic carbocycles. The zero-order chi connectivity index (χ0) is 26.1. The number of fused-ring (bicyclic) bond motifs is 1. The molecule has 11 heteroatoms. The van der Waals surface area contributed by atoms with Gasteiger partial charge in [-0.25, -0.2) is 9.37 Å². The first-order valence-corrected chi connectivity index (χ1v) is 11.6. The molecule has 1 aliphatic rings. The van der Waals surface area contributed by atoms with Gasteiger partial charge in [0.25, 0.3) is 0 Å². The van der Waals surface area contributed by atoms with Crippen LogP contribution in [0.1, 0.15) is 12.0 Å². The average molecular weight is 508 g/mol. The molecule has 2 atom stereocenters. The molecule has 5 rings (SSSR count). The molecule has 1 fully saturated rings. The first-order valence-electron chi connectivity index (χ1n) is 11.6. The number of alkyl halides is 1. The monoisotopic (exact) mass is 507 g/mol. The second-order valence-corrected chi connectivity index (χ2v) is 8.60. The average Bonchev–Trinajstić information content (AvgIpc) is 3.58. The standard InChI is InChI=1S/C26H26FN5O5/c1-32-19(9-15-10-21(28-12-20(15)32)29-23(33)17-11-18(17)27)22-24(35-3)30-26(31-25(22)36-4)37-13-14-5-7-16(34-2)8-6-14/h5-10,12,17-18H,11,13H2,1-4H3,(H,28,29,33)/t17-,18+/m1/s1. The van der Waals surface area contributed by atoms with Gasteiger partial charge in [-0.2, -0.15) is 9.97 Å². The number of methoxy groups -OCH3 is 3. The van der Waals surface area contributed by atoms with E-state index in [0.29, 0.717) is 17.1 Å². The van der Waals surface area contributed by atoms with Gasteiger partial charge in [-0.15, -0.1) is 0 Å². The van der Waals surface area contributed by atoms with Gasteiger partial charge in [0.05, 0.1) is 44.7 Å². The second kappa shape index (κ2) is 9.92. The molecule has 1 aliphatic carbocycles. The number of aromatic nitrogens is 4. The minimum Gasteiger partial charge on any atom is -0.497 e. The molecule has 0 unspecified atom stereocenters. The van der Waals surface area contributed by atoms with Gasteiger partial charge >= 0.3 is 6.01 Å². The smallest absolute Gasteiger partial charge is 0.323 e. The van der Waals surface area contributed by atoms with Crippen LogP contribution in [0.3, 0.4) is 0 Å². The fraction of sp³-hybridized carbons (Fsp3) is 0.308. The van der Waals surface area contributed by atoms with Crippen LogP contribution in [0, 0.1) is 5.92 Å². The normalized spacial score (nSPS) is 16.4. The van der Waals surface area contributed by atoms with Gasteiger partial charge in [0.15, 0.2) is 0 Å². The number of aryl methyl sites for hydroxylation is 1. The fourth-order valence-corrected chi connectivity index (χ4v) is 4.05. The third-order valence-electron chi connectivity index (χ3n) is 6.22. The van der Waals surface area contributed by atoms with Crippen molar-refractivity contribution in [3.05, 3.63) is 48.2 Å². The highest BCUT2D eigenvalue weighted by Crippen LogP contribution is 2.40. The van der Waals surface area contributed by atoms with Crippen molar-refractivity contribution in [2.24, 2.45) is 13.0 Å². The van der Waals surface area contributed by atoms with Gasteiger partial charge in [0.2, 0.25) is 17.7 Å². The van der Waals surface area contributed by atoms with E-state index in [1.165, 1.54) is 14.2 Å². The van der Waals surface area contributed by atoms with Gasteiger partial charge in [0, 0.05) is 12.4 Å². The van der Waals surface area contributed by atoms with Gasteiger partial charge in [-0.3, -0.25) is 4.79 Å². The minimum atomic E-state index is -1.07. The van der Waals surface area contributed by atoms with Gasteiger partial charge < -0.3 is 28.8 Å². The summed E-state index contributed by atoms with van der Waals surface area (Å²) in [5, 5.41) is 3.49. The Hall–Kier alpha value is -4.41. The van der Waals surface area contributed by atoms with E-state index in [1.807, 2.05) is 41.9 Å². The molecule has 10 nitrogen and oxygen atoms in total. The van der Waals surface area contributed by atoms with Crippen LogP contribution >= 0.6 is 0 Å². The number of carbonyl (C=O) groups excluding carboxylic acids is 1. The number of amides is 1. The number of benzene rings is 1. The van der Waals surface area contributed by atoms with Crippen LogP contribution in [-0.4, -0.2) is 52.9 Å². The number of anilines is 1. The Morgan fingerprint density at radius 1 is 1.08 bits per heavy atom. The van der Waals surface area contributed by atoms with Crippen molar-refractivity contribution in [2.45, 2.75) is 19.2 Å². The number of hydrogen-bond acceptors (Lipinski definition) is 8. The van der Waals surface area contributed by atoms with Crippen LogP contribution in [0.4, 0.5) is 10.2 Å². The Morgan fingerprint density at radius 3 is 2.35 bits per heavy atom. The summed E-state index contributed by atoms with van der Waals surface area (Å²) < 4.78 is 37.3. The molecule has 0 saturated heterocycles. The van der Waals surface area contributed by atoms with Gasteiger partial charge in [0.1, 0.15) is 29.9 Å². The van der Waals surface area contributed by atoms with E-state index < -0.39 is 12.1 Å². The molecule has 3 heterocycles. The summed E-state index contributed by atoms with van der Waals surface area (Å²) in [5.41, 5.74) is 2.96. The Kier molecular flexibility index (Phi) is 6.51. The fourth-order valence-electron chi connectivity index (χ4n) is 4.05. The Bertz CT molecular complexity index is 1430. The Balaban J connectivity index is 1.44. The topological polar surface area (TPSA) is 110 Å². The lowest BCUT2D eigenvalue weighted by Gasteiger charge is -2.14. The van der Waals surface area contributed by atoms with E-state index in [2.05, 4.69) is 20.3 Å². The van der Waals surface area contributed by atoms with E-state index in [-0.39, 0.29) is 36.7 Å². The number of nitrogens with one attached hydrogen (secondary N) is 1. The molecule has 0 bridgehead atoms. The Labute approximate surface area is 212 Å². The first-order chi connectivity index (χ1) is 17.9. The maximum absolute atomic E-state index is 13.2. The van der Waals surface area contributed by atoms with Gasteiger partial charge in [-0.1, -0.05) is 12.1 Å². The van der Waals surface area contributed by atoms with Crippen molar-refractivity contribution in [1.29, 1.82) is 0 Å². The van der Waals surface area contributed by atoms with E-state index in [0.717, 1.165) is 22.2 Å². The van der Waals surface area contributed by atoms with Crippen LogP contribution < -0.4 is 24.3 Å². The van der Waals surface area contributed by atoms with Crippen molar-refractivity contribution < 1.29 is 28.1 Å². The molecule has 1 saturated carbocycles. The summed E-state index contributed by atoms with van der Waals surface area (Å²) in [6.07, 6.45) is 0.818. The SMILES string of the molecule is COc1ccc(COc2nc(OC)c(-c3cc4cc(NC(=O)[C@@H]5C[C@@H]5F)ncc4n3C)c(OC)n2)cc1. The summed E-state index contributed by atoms with van der Waals surface area (Å²) in [6, 6.07) is 11.2. The van der Waals surface area contributed by atoms with E-state index in [4.69, 9.17) is 18.9 Å². The van der Waals surface area contributed by atoms with Crippen LogP contribution in [0.25, 0.3) is 22.2 Å². The molecular formula is C26H26FN5O5. The molecular weight excluding hydrogens is 481 g/mol. The maximum atomic E-state index is 13.2. The van der Waals surface area contributed by atoms with E-state index in [9.17, 15) is 9.18 Å². The summed E-state index contributed by atoms with van der Waals surface area (Å²) in [6.45, 7) is 0.244. The number of carbonyl (C=O) groups is 1. The number of nitrogens with zero attached hydrogens (tertiary/aromatic N) is 4. The number of rotatable bonds is 9. The van der Waals surface area contributed by atoms with Crippen LogP contribution in [-0.2, 0) is 18.4 Å².